The fraction of sp³-hybridized carbons (Fsp3) is 0.0667. The third kappa shape index (κ3) is 4.68. The van der Waals surface area contributed by atoms with Crippen molar-refractivity contribution >= 4 is 62.9 Å². The standard InChI is InChI=1S/C15H11I2NO/c16-12-3-1-11(2-4-12)15(19)9-10-18-14-7-5-13(17)6-8-14/h1-8,10H,9H2. The van der Waals surface area contributed by atoms with E-state index in [1.165, 1.54) is 3.57 Å². The number of nitrogens with zero attached hydrogens (tertiary/aromatic N) is 1. The van der Waals surface area contributed by atoms with Crippen LogP contribution in [0.1, 0.15) is 16.8 Å². The van der Waals surface area contributed by atoms with E-state index in [0.717, 1.165) is 14.8 Å². The molecule has 0 aliphatic carbocycles. The maximum Gasteiger partial charge on any atom is 0.168 e. The first kappa shape index (κ1) is 14.6. The lowest BCUT2D eigenvalue weighted by Gasteiger charge is -1.98. The highest BCUT2D eigenvalue weighted by molar-refractivity contribution is 14.1. The zero-order chi connectivity index (χ0) is 13.7. The Labute approximate surface area is 139 Å². The normalized spacial score (nSPS) is 10.8. The average Bonchev–Trinajstić information content (AvgIpc) is 2.41. The van der Waals surface area contributed by atoms with E-state index < -0.39 is 0 Å². The summed E-state index contributed by atoms with van der Waals surface area (Å²) >= 11 is 4.47. The quantitative estimate of drug-likeness (QED) is 0.353. The van der Waals surface area contributed by atoms with Gasteiger partial charge in [-0.05, 0) is 81.6 Å². The van der Waals surface area contributed by atoms with Gasteiger partial charge in [0.2, 0.25) is 0 Å². The lowest BCUT2D eigenvalue weighted by Crippen LogP contribution is -1.99. The Balaban J connectivity index is 1.96. The first-order chi connectivity index (χ1) is 9.15. The van der Waals surface area contributed by atoms with E-state index in [1.807, 2.05) is 48.5 Å². The molecular formula is C15H11I2NO. The molecule has 0 heterocycles. The highest BCUT2D eigenvalue weighted by Crippen LogP contribution is 2.14. The van der Waals surface area contributed by atoms with E-state index in [-0.39, 0.29) is 5.78 Å². The van der Waals surface area contributed by atoms with Gasteiger partial charge in [-0.3, -0.25) is 9.79 Å². The number of aliphatic imine (C=N–C) groups is 1. The molecule has 0 unspecified atom stereocenters. The van der Waals surface area contributed by atoms with Crippen LogP contribution in [0.4, 0.5) is 5.69 Å². The molecular weight excluding hydrogens is 464 g/mol. The van der Waals surface area contributed by atoms with E-state index in [2.05, 4.69) is 50.2 Å². The first-order valence-corrected chi connectivity index (χ1v) is 7.88. The van der Waals surface area contributed by atoms with E-state index in [4.69, 9.17) is 0 Å². The van der Waals surface area contributed by atoms with Gasteiger partial charge in [-0.2, -0.15) is 0 Å². The van der Waals surface area contributed by atoms with Gasteiger partial charge in [-0.1, -0.05) is 12.1 Å². The van der Waals surface area contributed by atoms with Gasteiger partial charge in [0, 0.05) is 25.3 Å². The number of Topliss-reactive ketones (excluding diaryl/α,β-unsaturated/α-hetero) is 1. The highest BCUT2D eigenvalue weighted by Gasteiger charge is 2.03. The molecule has 0 atom stereocenters. The summed E-state index contributed by atoms with van der Waals surface area (Å²) in [6, 6.07) is 15.4. The molecule has 0 fully saturated rings. The summed E-state index contributed by atoms with van der Waals surface area (Å²) in [5.74, 6) is 0.0886. The van der Waals surface area contributed by atoms with E-state index in [1.54, 1.807) is 6.21 Å². The predicted octanol–water partition coefficient (Wildman–Crippen LogP) is 4.87. The predicted molar refractivity (Wildman–Crippen MR) is 95.4 cm³/mol. The second kappa shape index (κ2) is 7.14. The van der Waals surface area contributed by atoms with Crippen molar-refractivity contribution in [2.24, 2.45) is 4.99 Å². The van der Waals surface area contributed by atoms with Crippen molar-refractivity contribution < 1.29 is 4.79 Å². The van der Waals surface area contributed by atoms with Crippen LogP contribution < -0.4 is 0 Å². The molecule has 0 radical (unpaired) electrons. The number of halogens is 2. The average molecular weight is 475 g/mol. The van der Waals surface area contributed by atoms with E-state index in [0.29, 0.717) is 6.42 Å². The van der Waals surface area contributed by atoms with Gasteiger partial charge in [0.1, 0.15) is 0 Å². The summed E-state index contributed by atoms with van der Waals surface area (Å²) in [5.41, 5.74) is 1.60. The number of carbonyl (C=O) groups excluding carboxylic acids is 1. The van der Waals surface area contributed by atoms with Gasteiger partial charge < -0.3 is 0 Å². The largest absolute Gasteiger partial charge is 0.294 e. The Morgan fingerprint density at radius 1 is 0.947 bits per heavy atom. The number of ketones is 1. The summed E-state index contributed by atoms with van der Waals surface area (Å²) in [7, 11) is 0. The van der Waals surface area contributed by atoms with Crippen molar-refractivity contribution in [3.8, 4) is 0 Å². The summed E-state index contributed by atoms with van der Waals surface area (Å²) in [6.07, 6.45) is 2.00. The van der Waals surface area contributed by atoms with Crippen LogP contribution in [0.5, 0.6) is 0 Å². The molecule has 2 aromatic carbocycles. The van der Waals surface area contributed by atoms with Gasteiger partial charge in [-0.25, -0.2) is 0 Å². The first-order valence-electron chi connectivity index (χ1n) is 5.72. The molecule has 0 saturated heterocycles. The minimum absolute atomic E-state index is 0.0886. The summed E-state index contributed by atoms with van der Waals surface area (Å²) in [6.45, 7) is 0. The Morgan fingerprint density at radius 3 is 2.05 bits per heavy atom. The monoisotopic (exact) mass is 475 g/mol. The fourth-order valence-electron chi connectivity index (χ4n) is 1.51. The van der Waals surface area contributed by atoms with Gasteiger partial charge in [0.25, 0.3) is 0 Å². The topological polar surface area (TPSA) is 29.4 Å². The molecule has 4 heteroatoms. The van der Waals surface area contributed by atoms with Gasteiger partial charge in [-0.15, -0.1) is 0 Å². The van der Waals surface area contributed by atoms with Gasteiger partial charge >= 0.3 is 0 Å². The van der Waals surface area contributed by atoms with Crippen molar-refractivity contribution in [3.63, 3.8) is 0 Å². The van der Waals surface area contributed by atoms with Crippen LogP contribution in [0.3, 0.4) is 0 Å². The number of hydrogen-bond donors (Lipinski definition) is 0. The molecule has 0 amide bonds. The zero-order valence-electron chi connectivity index (χ0n) is 10.0. The number of rotatable bonds is 4. The van der Waals surface area contributed by atoms with Crippen LogP contribution in [-0.4, -0.2) is 12.0 Å². The Bertz CT molecular complexity index is 589. The smallest absolute Gasteiger partial charge is 0.168 e. The molecule has 0 bridgehead atoms. The van der Waals surface area contributed by atoms with E-state index >= 15 is 0 Å². The second-order valence-corrected chi connectivity index (χ2v) is 6.41. The van der Waals surface area contributed by atoms with Crippen molar-refractivity contribution in [2.45, 2.75) is 6.42 Å². The van der Waals surface area contributed by atoms with Crippen LogP contribution >= 0.6 is 45.2 Å². The summed E-state index contributed by atoms with van der Waals surface area (Å²) in [5, 5.41) is 0. The van der Waals surface area contributed by atoms with Crippen LogP contribution in [-0.2, 0) is 0 Å². The number of carbonyl (C=O) groups is 1. The van der Waals surface area contributed by atoms with Crippen molar-refractivity contribution in [1.29, 1.82) is 0 Å². The molecule has 0 aliphatic heterocycles. The molecule has 2 nitrogen and oxygen atoms in total. The Morgan fingerprint density at radius 2 is 1.47 bits per heavy atom. The molecule has 2 rings (SSSR count). The van der Waals surface area contributed by atoms with E-state index in [9.17, 15) is 4.79 Å². The van der Waals surface area contributed by atoms with Crippen LogP contribution in [0.2, 0.25) is 0 Å². The third-order valence-electron chi connectivity index (χ3n) is 2.51. The van der Waals surface area contributed by atoms with Crippen molar-refractivity contribution in [3.05, 3.63) is 61.2 Å². The third-order valence-corrected chi connectivity index (χ3v) is 3.95. The fourth-order valence-corrected chi connectivity index (χ4v) is 2.23. The zero-order valence-corrected chi connectivity index (χ0v) is 14.3. The van der Waals surface area contributed by atoms with Crippen LogP contribution in [0.15, 0.2) is 53.5 Å². The molecule has 0 aromatic heterocycles. The molecule has 0 aliphatic rings. The maximum absolute atomic E-state index is 11.9. The molecule has 19 heavy (non-hydrogen) atoms. The van der Waals surface area contributed by atoms with Crippen LogP contribution in [0.25, 0.3) is 0 Å². The highest BCUT2D eigenvalue weighted by atomic mass is 127. The van der Waals surface area contributed by atoms with Crippen LogP contribution in [0, 0.1) is 7.14 Å². The Hall–Kier alpha value is -0.760. The second-order valence-electron chi connectivity index (χ2n) is 3.92. The van der Waals surface area contributed by atoms with Crippen molar-refractivity contribution in [1.82, 2.24) is 0 Å². The molecule has 0 N–H and O–H groups in total. The molecule has 0 spiro atoms. The Kier molecular flexibility index (Phi) is 5.50. The molecule has 0 saturated carbocycles. The minimum atomic E-state index is 0.0886. The lowest BCUT2D eigenvalue weighted by atomic mass is 10.1. The summed E-state index contributed by atoms with van der Waals surface area (Å²) in [4.78, 5) is 16.2. The number of hydrogen-bond acceptors (Lipinski definition) is 2. The lowest BCUT2D eigenvalue weighted by molar-refractivity contribution is 0.100. The van der Waals surface area contributed by atoms with Gasteiger partial charge in [0.05, 0.1) is 5.69 Å². The molecule has 96 valence electrons. The number of benzene rings is 2. The maximum atomic E-state index is 11.9. The SMILES string of the molecule is O=C(CC=Nc1ccc(I)cc1)c1ccc(I)cc1. The van der Waals surface area contributed by atoms with Gasteiger partial charge in [0.15, 0.2) is 5.78 Å². The minimum Gasteiger partial charge on any atom is -0.294 e. The molecule has 2 aromatic rings. The summed E-state index contributed by atoms with van der Waals surface area (Å²) < 4.78 is 2.30. The van der Waals surface area contributed by atoms with Crippen molar-refractivity contribution in [2.75, 3.05) is 0 Å².